The number of fused-ring (bicyclic) bond motifs is 1. The second kappa shape index (κ2) is 5.88. The molecule has 0 radical (unpaired) electrons. The number of aromatic nitrogens is 4. The predicted molar refractivity (Wildman–Crippen MR) is 88.5 cm³/mol. The molecular weight excluding hydrogens is 312 g/mol. The fourth-order valence-electron chi connectivity index (χ4n) is 2.51. The molecule has 0 saturated carbocycles. The monoisotopic (exact) mass is 330 g/mol. The molecule has 8 nitrogen and oxygen atoms in total. The molecule has 126 valence electrons. The highest BCUT2D eigenvalue weighted by Gasteiger charge is 2.17. The molecule has 2 heterocycles. The molecular formula is C16H18N4O4. The Kier molecular flexibility index (Phi) is 3.88. The van der Waals surface area contributed by atoms with E-state index < -0.39 is 5.69 Å². The first kappa shape index (κ1) is 15.9. The van der Waals surface area contributed by atoms with Crippen LogP contribution in [0, 0.1) is 0 Å². The van der Waals surface area contributed by atoms with E-state index in [1.807, 2.05) is 0 Å². The van der Waals surface area contributed by atoms with E-state index in [0.717, 1.165) is 10.3 Å². The Morgan fingerprint density at radius 3 is 2.21 bits per heavy atom. The molecule has 0 saturated heterocycles. The maximum Gasteiger partial charge on any atom is 0.332 e. The summed E-state index contributed by atoms with van der Waals surface area (Å²) in [5, 5.41) is 0. The number of rotatable bonds is 4. The highest BCUT2D eigenvalue weighted by molar-refractivity contribution is 5.70. The summed E-state index contributed by atoms with van der Waals surface area (Å²) in [7, 11) is 6.36. The van der Waals surface area contributed by atoms with Crippen molar-refractivity contribution in [2.45, 2.75) is 6.61 Å². The van der Waals surface area contributed by atoms with E-state index in [0.29, 0.717) is 22.7 Å². The van der Waals surface area contributed by atoms with Crippen LogP contribution in [0.25, 0.3) is 11.2 Å². The molecule has 0 aliphatic heterocycles. The van der Waals surface area contributed by atoms with Crippen molar-refractivity contribution in [3.8, 4) is 11.5 Å². The van der Waals surface area contributed by atoms with Crippen LogP contribution in [0.4, 0.5) is 0 Å². The van der Waals surface area contributed by atoms with Crippen molar-refractivity contribution in [1.29, 1.82) is 0 Å². The number of nitrogens with zero attached hydrogens (tertiary/aromatic N) is 4. The van der Waals surface area contributed by atoms with Crippen LogP contribution in [0.3, 0.4) is 0 Å². The van der Waals surface area contributed by atoms with Crippen LogP contribution < -0.4 is 20.7 Å². The van der Waals surface area contributed by atoms with Crippen LogP contribution in [0.15, 0.2) is 33.9 Å². The lowest BCUT2D eigenvalue weighted by atomic mass is 10.3. The van der Waals surface area contributed by atoms with Crippen LogP contribution in [0.1, 0.15) is 5.82 Å². The minimum atomic E-state index is -0.409. The van der Waals surface area contributed by atoms with E-state index in [1.165, 1.54) is 11.6 Å². The van der Waals surface area contributed by atoms with Crippen molar-refractivity contribution in [3.05, 3.63) is 50.9 Å². The summed E-state index contributed by atoms with van der Waals surface area (Å²) in [5.74, 6) is 1.95. The van der Waals surface area contributed by atoms with E-state index in [-0.39, 0.29) is 12.2 Å². The van der Waals surface area contributed by atoms with E-state index in [9.17, 15) is 9.59 Å². The van der Waals surface area contributed by atoms with Gasteiger partial charge in [0.15, 0.2) is 11.2 Å². The molecule has 0 spiro atoms. The number of benzene rings is 1. The van der Waals surface area contributed by atoms with Crippen molar-refractivity contribution in [1.82, 2.24) is 18.7 Å². The summed E-state index contributed by atoms with van der Waals surface area (Å²) in [6, 6.07) is 7.17. The Bertz CT molecular complexity index is 1010. The van der Waals surface area contributed by atoms with Crippen LogP contribution in [-0.2, 0) is 27.7 Å². The van der Waals surface area contributed by atoms with Gasteiger partial charge in [0.25, 0.3) is 5.56 Å². The topological polar surface area (TPSA) is 80.3 Å². The molecule has 2 aromatic heterocycles. The summed E-state index contributed by atoms with van der Waals surface area (Å²) in [6.45, 7) is 0.175. The van der Waals surface area contributed by atoms with Gasteiger partial charge in [0.2, 0.25) is 0 Å². The molecule has 0 bridgehead atoms. The first-order chi connectivity index (χ1) is 11.4. The molecule has 0 amide bonds. The van der Waals surface area contributed by atoms with Crippen molar-refractivity contribution in [3.63, 3.8) is 0 Å². The molecule has 3 aromatic rings. The van der Waals surface area contributed by atoms with Gasteiger partial charge in [-0.2, -0.15) is 0 Å². The van der Waals surface area contributed by atoms with Gasteiger partial charge in [-0.15, -0.1) is 0 Å². The van der Waals surface area contributed by atoms with Crippen LogP contribution in [0.2, 0.25) is 0 Å². The normalized spacial score (nSPS) is 11.0. The first-order valence-electron chi connectivity index (χ1n) is 7.32. The number of ether oxygens (including phenoxy) is 2. The second-order valence-corrected chi connectivity index (χ2v) is 5.43. The molecule has 3 rings (SSSR count). The minimum Gasteiger partial charge on any atom is -0.497 e. The van der Waals surface area contributed by atoms with Gasteiger partial charge in [0.1, 0.15) is 23.9 Å². The lowest BCUT2D eigenvalue weighted by Gasteiger charge is -2.07. The average Bonchev–Trinajstić information content (AvgIpc) is 2.93. The Hall–Kier alpha value is -3.03. The van der Waals surface area contributed by atoms with E-state index in [2.05, 4.69) is 4.98 Å². The van der Waals surface area contributed by atoms with Gasteiger partial charge in [-0.05, 0) is 24.3 Å². The molecule has 24 heavy (non-hydrogen) atoms. The minimum absolute atomic E-state index is 0.175. The molecule has 0 N–H and O–H groups in total. The van der Waals surface area contributed by atoms with Crippen LogP contribution >= 0.6 is 0 Å². The number of hydrogen-bond donors (Lipinski definition) is 0. The second-order valence-electron chi connectivity index (χ2n) is 5.43. The maximum absolute atomic E-state index is 12.3. The number of methoxy groups -OCH3 is 1. The van der Waals surface area contributed by atoms with Gasteiger partial charge >= 0.3 is 5.69 Å². The van der Waals surface area contributed by atoms with E-state index in [1.54, 1.807) is 50.0 Å². The molecule has 0 aliphatic rings. The largest absolute Gasteiger partial charge is 0.497 e. The molecule has 0 atom stereocenters. The predicted octanol–water partition coefficient (Wildman–Crippen LogP) is 0.558. The van der Waals surface area contributed by atoms with E-state index >= 15 is 0 Å². The zero-order chi connectivity index (χ0) is 17.4. The summed E-state index contributed by atoms with van der Waals surface area (Å²) in [5.41, 5.74) is -0.0705. The fourth-order valence-corrected chi connectivity index (χ4v) is 2.51. The first-order valence-corrected chi connectivity index (χ1v) is 7.32. The lowest BCUT2D eigenvalue weighted by Crippen LogP contribution is -2.37. The van der Waals surface area contributed by atoms with Crippen molar-refractivity contribution in [2.75, 3.05) is 7.11 Å². The third-order valence-electron chi connectivity index (χ3n) is 4.00. The number of imidazole rings is 1. The molecule has 0 unspecified atom stereocenters. The van der Waals surface area contributed by atoms with Gasteiger partial charge in [-0.25, -0.2) is 9.78 Å². The standard InChI is InChI=1S/C16H18N4O4/c1-18-12(9-24-11-7-5-10(23-4)6-8-11)17-14-13(18)15(21)20(3)16(22)19(14)2/h5-8H,9H2,1-4H3. The van der Waals surface area contributed by atoms with Crippen molar-refractivity contribution < 1.29 is 9.47 Å². The van der Waals surface area contributed by atoms with Gasteiger partial charge in [-0.1, -0.05) is 0 Å². The van der Waals surface area contributed by atoms with Crippen LogP contribution in [-0.4, -0.2) is 25.8 Å². The third-order valence-corrected chi connectivity index (χ3v) is 4.00. The zero-order valence-electron chi connectivity index (χ0n) is 13.9. The summed E-state index contributed by atoms with van der Waals surface area (Å²) in [4.78, 5) is 28.7. The van der Waals surface area contributed by atoms with Crippen molar-refractivity contribution in [2.24, 2.45) is 21.1 Å². The van der Waals surface area contributed by atoms with Gasteiger partial charge in [-0.3, -0.25) is 13.9 Å². The molecule has 1 aromatic carbocycles. The Balaban J connectivity index is 1.97. The Morgan fingerprint density at radius 1 is 0.958 bits per heavy atom. The fraction of sp³-hybridized carbons (Fsp3) is 0.312. The van der Waals surface area contributed by atoms with Crippen molar-refractivity contribution >= 4 is 11.2 Å². The SMILES string of the molecule is COc1ccc(OCc2nc3c(c(=O)n(C)c(=O)n3C)n2C)cc1. The average molecular weight is 330 g/mol. The van der Waals surface area contributed by atoms with E-state index in [4.69, 9.17) is 9.47 Å². The highest BCUT2D eigenvalue weighted by atomic mass is 16.5. The lowest BCUT2D eigenvalue weighted by molar-refractivity contribution is 0.292. The number of hydrogen-bond acceptors (Lipinski definition) is 5. The number of aryl methyl sites for hydroxylation is 2. The molecule has 8 heteroatoms. The van der Waals surface area contributed by atoms with Gasteiger partial charge in [0, 0.05) is 21.1 Å². The zero-order valence-corrected chi connectivity index (χ0v) is 13.9. The third kappa shape index (κ3) is 2.45. The summed E-state index contributed by atoms with van der Waals surface area (Å²) in [6.07, 6.45) is 0. The van der Waals surface area contributed by atoms with Gasteiger partial charge < -0.3 is 14.0 Å². The summed E-state index contributed by atoms with van der Waals surface area (Å²) >= 11 is 0. The van der Waals surface area contributed by atoms with Crippen LogP contribution in [0.5, 0.6) is 11.5 Å². The van der Waals surface area contributed by atoms with Gasteiger partial charge in [0.05, 0.1) is 7.11 Å². The maximum atomic E-state index is 12.3. The smallest absolute Gasteiger partial charge is 0.332 e. The highest BCUT2D eigenvalue weighted by Crippen LogP contribution is 2.18. The Labute approximate surface area is 137 Å². The quantitative estimate of drug-likeness (QED) is 0.698. The molecule has 0 fully saturated rings. The summed E-state index contributed by atoms with van der Waals surface area (Å²) < 4.78 is 14.9. The Morgan fingerprint density at radius 2 is 1.58 bits per heavy atom. The molecule has 0 aliphatic carbocycles.